The summed E-state index contributed by atoms with van der Waals surface area (Å²) in [7, 11) is 0. The summed E-state index contributed by atoms with van der Waals surface area (Å²) in [6, 6.07) is 23.2. The molecule has 5 rings (SSSR count). The van der Waals surface area contributed by atoms with E-state index in [0.29, 0.717) is 0 Å². The van der Waals surface area contributed by atoms with Crippen molar-refractivity contribution in [1.82, 2.24) is 25.9 Å². The fourth-order valence-corrected chi connectivity index (χ4v) is 4.81. The number of nitriles is 1. The molecule has 0 spiro atoms. The zero-order valence-electron chi connectivity index (χ0n) is 18.2. The summed E-state index contributed by atoms with van der Waals surface area (Å²) in [5.41, 5.74) is 2.17. The minimum Gasteiger partial charge on any atom is -1.00 e. The van der Waals surface area contributed by atoms with Gasteiger partial charge in [-0.15, -0.1) is 10.2 Å². The SMILES string of the molecule is N#CC1(c2ccccc2)CC[NH2+]CC1.[Cl-].c1ccc(C2(c3nn[nH]n3)CCNCC2)cc1. The van der Waals surface area contributed by atoms with Crippen LogP contribution in [0.5, 0.6) is 0 Å². The number of aromatic amines is 1. The lowest BCUT2D eigenvalue weighted by molar-refractivity contribution is -0.664. The molecule has 0 bridgehead atoms. The van der Waals surface area contributed by atoms with Gasteiger partial charge in [0.2, 0.25) is 0 Å². The Morgan fingerprint density at radius 2 is 1.44 bits per heavy atom. The molecule has 0 unspecified atom stereocenters. The van der Waals surface area contributed by atoms with Gasteiger partial charge >= 0.3 is 0 Å². The van der Waals surface area contributed by atoms with E-state index >= 15 is 0 Å². The minimum atomic E-state index is -0.212. The lowest BCUT2D eigenvalue weighted by atomic mass is 9.72. The summed E-state index contributed by atoms with van der Waals surface area (Å²) in [5, 5.41) is 29.7. The van der Waals surface area contributed by atoms with Crippen LogP contribution in [-0.4, -0.2) is 46.8 Å². The Morgan fingerprint density at radius 1 is 0.844 bits per heavy atom. The molecule has 0 amide bonds. The van der Waals surface area contributed by atoms with Gasteiger partial charge < -0.3 is 23.0 Å². The highest BCUT2D eigenvalue weighted by Gasteiger charge is 2.39. The maximum atomic E-state index is 9.33. The van der Waals surface area contributed by atoms with Gasteiger partial charge in [0.15, 0.2) is 5.82 Å². The second-order valence-electron chi connectivity index (χ2n) is 8.36. The number of halogens is 1. The van der Waals surface area contributed by atoms with E-state index in [0.717, 1.165) is 57.7 Å². The molecule has 2 aromatic carbocycles. The van der Waals surface area contributed by atoms with E-state index in [1.807, 2.05) is 24.3 Å². The number of piperidine rings is 2. The van der Waals surface area contributed by atoms with Crippen LogP contribution in [-0.2, 0) is 10.8 Å². The molecule has 0 atom stereocenters. The molecule has 8 heteroatoms. The van der Waals surface area contributed by atoms with E-state index in [2.05, 4.69) is 73.7 Å². The Hall–Kier alpha value is -2.79. The second kappa shape index (κ2) is 11.2. The third-order valence-corrected chi connectivity index (χ3v) is 6.65. The highest BCUT2D eigenvalue weighted by molar-refractivity contribution is 5.33. The van der Waals surface area contributed by atoms with Crippen LogP contribution in [0.15, 0.2) is 60.7 Å². The first-order valence-electron chi connectivity index (χ1n) is 11.1. The number of nitrogens with zero attached hydrogens (tertiary/aromatic N) is 4. The van der Waals surface area contributed by atoms with Crippen LogP contribution < -0.4 is 23.0 Å². The molecular formula is C24H30ClN7. The Morgan fingerprint density at radius 3 is 1.97 bits per heavy atom. The van der Waals surface area contributed by atoms with Gasteiger partial charge in [-0.3, -0.25) is 0 Å². The van der Waals surface area contributed by atoms with Crippen molar-refractivity contribution < 1.29 is 17.7 Å². The van der Waals surface area contributed by atoms with Gasteiger partial charge in [0, 0.05) is 12.8 Å². The van der Waals surface area contributed by atoms with Crippen LogP contribution in [0.4, 0.5) is 0 Å². The number of quaternary nitrogens is 1. The van der Waals surface area contributed by atoms with Gasteiger partial charge in [-0.25, -0.2) is 0 Å². The number of hydrogen-bond donors (Lipinski definition) is 3. The summed E-state index contributed by atoms with van der Waals surface area (Å²) in [4.78, 5) is 0. The summed E-state index contributed by atoms with van der Waals surface area (Å²) in [6.45, 7) is 4.12. The zero-order valence-corrected chi connectivity index (χ0v) is 18.9. The monoisotopic (exact) mass is 451 g/mol. The first-order valence-corrected chi connectivity index (χ1v) is 11.1. The maximum Gasteiger partial charge on any atom is 0.185 e. The molecule has 168 valence electrons. The molecule has 4 N–H and O–H groups in total. The number of benzene rings is 2. The van der Waals surface area contributed by atoms with Crippen molar-refractivity contribution in [1.29, 1.82) is 5.26 Å². The number of nitrogens with one attached hydrogen (secondary N) is 2. The largest absolute Gasteiger partial charge is 1.00 e. The third-order valence-electron chi connectivity index (χ3n) is 6.65. The maximum absolute atomic E-state index is 9.33. The summed E-state index contributed by atoms with van der Waals surface area (Å²) in [5.74, 6) is 0.810. The van der Waals surface area contributed by atoms with Crippen molar-refractivity contribution in [3.8, 4) is 6.07 Å². The van der Waals surface area contributed by atoms with E-state index in [1.54, 1.807) is 0 Å². The highest BCUT2D eigenvalue weighted by atomic mass is 35.5. The second-order valence-corrected chi connectivity index (χ2v) is 8.36. The van der Waals surface area contributed by atoms with Crippen molar-refractivity contribution >= 4 is 0 Å². The number of rotatable bonds is 3. The smallest absolute Gasteiger partial charge is 0.185 e. The average Bonchev–Trinajstić information content (AvgIpc) is 3.42. The molecule has 2 fully saturated rings. The Labute approximate surface area is 195 Å². The Bertz CT molecular complexity index is 959. The fraction of sp³-hybridized carbons (Fsp3) is 0.417. The molecule has 0 saturated carbocycles. The Balaban J connectivity index is 0.000000178. The summed E-state index contributed by atoms with van der Waals surface area (Å²) < 4.78 is 0. The molecule has 32 heavy (non-hydrogen) atoms. The molecule has 0 aliphatic carbocycles. The molecule has 2 aliphatic heterocycles. The lowest BCUT2D eigenvalue weighted by Crippen LogP contribution is -3.00. The predicted octanol–water partition coefficient (Wildman–Crippen LogP) is -1.32. The molecule has 3 heterocycles. The molecule has 3 aromatic rings. The highest BCUT2D eigenvalue weighted by Crippen LogP contribution is 2.37. The lowest BCUT2D eigenvalue weighted by Gasteiger charge is -2.35. The standard InChI is InChI=1S/C12H15N5.C12H14N2.ClH/c1-2-4-10(5-3-1)12(6-8-13-9-7-12)11-14-16-17-15-11;13-10-12(6-8-14-9-7-12)11-4-2-1-3-5-11;/h1-5,13H,6-9H2,(H,14,15,16,17);1-5,14H,6-9H2;1H. The number of tetrazole rings is 1. The zero-order chi connectivity index (χ0) is 21.4. The minimum absolute atomic E-state index is 0. The van der Waals surface area contributed by atoms with Crippen molar-refractivity contribution in [2.45, 2.75) is 36.5 Å². The van der Waals surface area contributed by atoms with Gasteiger partial charge in [-0.05, 0) is 37.1 Å². The number of hydrogen-bond acceptors (Lipinski definition) is 5. The molecule has 1 aromatic heterocycles. The summed E-state index contributed by atoms with van der Waals surface area (Å²) >= 11 is 0. The van der Waals surface area contributed by atoms with Crippen LogP contribution in [0.1, 0.15) is 42.6 Å². The van der Waals surface area contributed by atoms with E-state index in [1.165, 1.54) is 11.1 Å². The van der Waals surface area contributed by atoms with Gasteiger partial charge in [0.1, 0.15) is 0 Å². The van der Waals surface area contributed by atoms with Crippen molar-refractivity contribution in [3.05, 3.63) is 77.6 Å². The first kappa shape index (κ1) is 23.9. The third kappa shape index (κ3) is 4.99. The normalized spacial score (nSPS) is 18.8. The predicted molar refractivity (Wildman–Crippen MR) is 118 cm³/mol. The van der Waals surface area contributed by atoms with E-state index in [9.17, 15) is 5.26 Å². The molecular weight excluding hydrogens is 422 g/mol. The van der Waals surface area contributed by atoms with Gasteiger partial charge in [-0.2, -0.15) is 10.5 Å². The van der Waals surface area contributed by atoms with Crippen molar-refractivity contribution in [2.24, 2.45) is 0 Å². The van der Waals surface area contributed by atoms with E-state index in [-0.39, 0.29) is 23.2 Å². The van der Waals surface area contributed by atoms with Crippen molar-refractivity contribution in [3.63, 3.8) is 0 Å². The van der Waals surface area contributed by atoms with Crippen LogP contribution in [0.25, 0.3) is 0 Å². The van der Waals surface area contributed by atoms with Gasteiger partial charge in [0.05, 0.1) is 30.0 Å². The topological polar surface area (TPSA) is 107 Å². The molecule has 2 aliphatic rings. The van der Waals surface area contributed by atoms with Crippen molar-refractivity contribution in [2.75, 3.05) is 26.2 Å². The van der Waals surface area contributed by atoms with E-state index in [4.69, 9.17) is 0 Å². The number of H-pyrrole nitrogens is 1. The van der Waals surface area contributed by atoms with Crippen LogP contribution in [0.3, 0.4) is 0 Å². The number of aromatic nitrogens is 4. The quantitative estimate of drug-likeness (QED) is 0.458. The van der Waals surface area contributed by atoms with Crippen LogP contribution >= 0.6 is 0 Å². The van der Waals surface area contributed by atoms with Crippen LogP contribution in [0.2, 0.25) is 0 Å². The van der Waals surface area contributed by atoms with Gasteiger partial charge in [0.25, 0.3) is 0 Å². The molecule has 7 nitrogen and oxygen atoms in total. The molecule has 2 saturated heterocycles. The van der Waals surface area contributed by atoms with E-state index < -0.39 is 0 Å². The van der Waals surface area contributed by atoms with Gasteiger partial charge in [-0.1, -0.05) is 65.9 Å². The average molecular weight is 452 g/mol. The fourth-order valence-electron chi connectivity index (χ4n) is 4.81. The summed E-state index contributed by atoms with van der Waals surface area (Å²) in [6.07, 6.45) is 3.98. The first-order chi connectivity index (χ1) is 15.3. The number of nitrogens with two attached hydrogens (primary N) is 1. The molecule has 0 radical (unpaired) electrons. The van der Waals surface area contributed by atoms with Crippen LogP contribution in [0, 0.1) is 11.3 Å². The Kier molecular flexibility index (Phi) is 8.34.